The van der Waals surface area contributed by atoms with Crippen LogP contribution in [-0.2, 0) is 0 Å². The molecule has 1 heterocycles. The summed E-state index contributed by atoms with van der Waals surface area (Å²) in [4.78, 5) is 4.19. The third-order valence-electron chi connectivity index (χ3n) is 2.69. The largest absolute Gasteiger partial charge is 0.339 e. The number of hydrogen-bond donors (Lipinski definition) is 3. The number of nitrogens with one attached hydrogen (secondary N) is 2. The molecule has 0 fully saturated rings. The van der Waals surface area contributed by atoms with Gasteiger partial charge in [-0.2, -0.15) is 5.26 Å². The smallest absolute Gasteiger partial charge is 0.161 e. The minimum absolute atomic E-state index is 0.313. The van der Waals surface area contributed by atoms with Gasteiger partial charge in [0.05, 0.1) is 21.7 Å². The minimum atomic E-state index is 0.313. The predicted octanol–water partition coefficient (Wildman–Crippen LogP) is 3.60. The maximum atomic E-state index is 8.93. The Bertz CT molecular complexity index is 694. The monoisotopic (exact) mass is 307 g/mol. The summed E-state index contributed by atoms with van der Waals surface area (Å²) in [5, 5.41) is 12.7. The molecule has 2 aromatic rings. The number of pyridine rings is 1. The molecule has 1 aromatic carbocycles. The maximum Gasteiger partial charge on any atom is 0.161 e. The van der Waals surface area contributed by atoms with Crippen LogP contribution in [0.3, 0.4) is 0 Å². The Hall–Kier alpha value is -2.00. The Labute approximate surface area is 126 Å². The van der Waals surface area contributed by atoms with E-state index in [4.69, 9.17) is 34.3 Å². The number of halogens is 2. The van der Waals surface area contributed by atoms with Crippen LogP contribution in [0.25, 0.3) is 0 Å². The highest BCUT2D eigenvalue weighted by atomic mass is 35.5. The van der Waals surface area contributed by atoms with E-state index >= 15 is 0 Å². The van der Waals surface area contributed by atoms with Crippen molar-refractivity contribution in [1.29, 1.82) is 5.26 Å². The molecule has 1 aromatic heterocycles. The van der Waals surface area contributed by atoms with Crippen LogP contribution in [0.2, 0.25) is 10.0 Å². The zero-order chi connectivity index (χ0) is 14.7. The minimum Gasteiger partial charge on any atom is -0.339 e. The van der Waals surface area contributed by atoms with Gasteiger partial charge in [-0.05, 0) is 30.7 Å². The van der Waals surface area contributed by atoms with Crippen LogP contribution in [0.4, 0.5) is 17.3 Å². The van der Waals surface area contributed by atoms with Crippen molar-refractivity contribution in [2.75, 3.05) is 10.7 Å². The number of hydrazine groups is 1. The van der Waals surface area contributed by atoms with E-state index in [0.29, 0.717) is 27.2 Å². The fraction of sp³-hybridized carbons (Fsp3) is 0.0769. The van der Waals surface area contributed by atoms with Crippen LogP contribution in [0.1, 0.15) is 11.1 Å². The van der Waals surface area contributed by atoms with Crippen molar-refractivity contribution < 1.29 is 0 Å². The Kier molecular flexibility index (Phi) is 4.30. The molecular weight excluding hydrogens is 297 g/mol. The Morgan fingerprint density at radius 1 is 1.20 bits per heavy atom. The zero-order valence-corrected chi connectivity index (χ0v) is 12.0. The zero-order valence-electron chi connectivity index (χ0n) is 10.5. The average molecular weight is 308 g/mol. The van der Waals surface area contributed by atoms with E-state index in [-0.39, 0.29) is 0 Å². The van der Waals surface area contributed by atoms with Gasteiger partial charge in [-0.3, -0.25) is 0 Å². The summed E-state index contributed by atoms with van der Waals surface area (Å²) in [7, 11) is 0. The summed E-state index contributed by atoms with van der Waals surface area (Å²) in [5.74, 6) is 6.05. The normalized spacial score (nSPS) is 9.95. The standard InChI is InChI=1S/C13H11Cl2N5/c1-7-2-3-8(6-16)4-11(7)18-12-9(14)5-10(15)13(19-12)20-17/h2-5H,17H2,1H3,(H2,18,19,20). The quantitative estimate of drug-likeness (QED) is 0.596. The van der Waals surface area contributed by atoms with Crippen molar-refractivity contribution in [1.82, 2.24) is 4.98 Å². The Morgan fingerprint density at radius 2 is 1.90 bits per heavy atom. The van der Waals surface area contributed by atoms with Crippen molar-refractivity contribution in [3.63, 3.8) is 0 Å². The fourth-order valence-corrected chi connectivity index (χ4v) is 2.07. The van der Waals surface area contributed by atoms with Crippen LogP contribution in [-0.4, -0.2) is 4.98 Å². The van der Waals surface area contributed by atoms with Gasteiger partial charge in [0.1, 0.15) is 0 Å². The van der Waals surface area contributed by atoms with Gasteiger partial charge in [-0.1, -0.05) is 29.3 Å². The van der Waals surface area contributed by atoms with Gasteiger partial charge in [0.2, 0.25) is 0 Å². The number of nitrogen functional groups attached to an aromatic ring is 1. The number of anilines is 3. The number of aromatic nitrogens is 1. The van der Waals surface area contributed by atoms with Crippen molar-refractivity contribution in [3.8, 4) is 6.07 Å². The molecule has 20 heavy (non-hydrogen) atoms. The summed E-state index contributed by atoms with van der Waals surface area (Å²) in [5.41, 5.74) is 4.63. The van der Waals surface area contributed by atoms with Crippen LogP contribution >= 0.6 is 23.2 Å². The number of aryl methyl sites for hydroxylation is 1. The molecule has 0 aliphatic heterocycles. The van der Waals surface area contributed by atoms with Crippen LogP contribution in [0, 0.1) is 18.3 Å². The fourth-order valence-electron chi connectivity index (χ4n) is 1.61. The Balaban J connectivity index is 2.42. The third kappa shape index (κ3) is 2.94. The Morgan fingerprint density at radius 3 is 2.55 bits per heavy atom. The van der Waals surface area contributed by atoms with Gasteiger partial charge >= 0.3 is 0 Å². The number of hydrogen-bond acceptors (Lipinski definition) is 5. The lowest BCUT2D eigenvalue weighted by atomic mass is 10.1. The summed E-state index contributed by atoms with van der Waals surface area (Å²) >= 11 is 12.0. The van der Waals surface area contributed by atoms with Gasteiger partial charge in [-0.15, -0.1) is 0 Å². The molecule has 0 unspecified atom stereocenters. The molecular formula is C13H11Cl2N5. The number of benzene rings is 1. The average Bonchev–Trinajstić information content (AvgIpc) is 2.44. The lowest BCUT2D eigenvalue weighted by Gasteiger charge is -2.12. The van der Waals surface area contributed by atoms with Crippen molar-refractivity contribution >= 4 is 40.5 Å². The molecule has 0 radical (unpaired) electrons. The number of nitrogens with zero attached hydrogens (tertiary/aromatic N) is 2. The molecule has 0 atom stereocenters. The second-order valence-electron chi connectivity index (χ2n) is 4.06. The van der Waals surface area contributed by atoms with Gasteiger partial charge in [-0.25, -0.2) is 10.8 Å². The van der Waals surface area contributed by atoms with Gasteiger partial charge in [0.15, 0.2) is 11.6 Å². The van der Waals surface area contributed by atoms with E-state index in [1.54, 1.807) is 12.1 Å². The predicted molar refractivity (Wildman–Crippen MR) is 81.2 cm³/mol. The van der Waals surface area contributed by atoms with E-state index < -0.39 is 0 Å². The van der Waals surface area contributed by atoms with Crippen LogP contribution < -0.4 is 16.6 Å². The first kappa shape index (κ1) is 14.4. The second kappa shape index (κ2) is 5.97. The summed E-state index contributed by atoms with van der Waals surface area (Å²) in [6.07, 6.45) is 0. The van der Waals surface area contributed by atoms with E-state index in [2.05, 4.69) is 21.8 Å². The highest BCUT2D eigenvalue weighted by Crippen LogP contribution is 2.31. The van der Waals surface area contributed by atoms with Crippen molar-refractivity contribution in [3.05, 3.63) is 45.4 Å². The van der Waals surface area contributed by atoms with E-state index in [1.807, 2.05) is 13.0 Å². The molecule has 0 spiro atoms. The van der Waals surface area contributed by atoms with Gasteiger partial charge in [0.25, 0.3) is 0 Å². The lowest BCUT2D eigenvalue weighted by molar-refractivity contribution is 1.22. The number of nitrogens with two attached hydrogens (primary N) is 1. The van der Waals surface area contributed by atoms with Crippen LogP contribution in [0.15, 0.2) is 24.3 Å². The molecule has 0 saturated carbocycles. The third-order valence-corrected chi connectivity index (χ3v) is 3.26. The SMILES string of the molecule is Cc1ccc(C#N)cc1Nc1nc(NN)c(Cl)cc1Cl. The van der Waals surface area contributed by atoms with Crippen molar-refractivity contribution in [2.24, 2.45) is 5.84 Å². The van der Waals surface area contributed by atoms with Gasteiger partial charge < -0.3 is 10.7 Å². The van der Waals surface area contributed by atoms with Gasteiger partial charge in [0, 0.05) is 5.69 Å². The van der Waals surface area contributed by atoms with Crippen molar-refractivity contribution in [2.45, 2.75) is 6.92 Å². The van der Waals surface area contributed by atoms with E-state index in [0.717, 1.165) is 11.3 Å². The molecule has 0 amide bonds. The molecule has 0 aliphatic rings. The molecule has 7 heteroatoms. The number of nitriles is 1. The molecule has 4 N–H and O–H groups in total. The topological polar surface area (TPSA) is 86.8 Å². The number of rotatable bonds is 3. The summed E-state index contributed by atoms with van der Waals surface area (Å²) < 4.78 is 0. The highest BCUT2D eigenvalue weighted by molar-refractivity contribution is 6.37. The first-order valence-electron chi connectivity index (χ1n) is 5.65. The first-order valence-corrected chi connectivity index (χ1v) is 6.41. The molecule has 102 valence electrons. The summed E-state index contributed by atoms with van der Waals surface area (Å²) in [6.45, 7) is 1.91. The van der Waals surface area contributed by atoms with Crippen LogP contribution in [0.5, 0.6) is 0 Å². The first-order chi connectivity index (χ1) is 9.55. The molecule has 0 bridgehead atoms. The second-order valence-corrected chi connectivity index (χ2v) is 4.87. The van der Waals surface area contributed by atoms with E-state index in [9.17, 15) is 0 Å². The molecule has 2 rings (SSSR count). The maximum absolute atomic E-state index is 8.93. The highest BCUT2D eigenvalue weighted by Gasteiger charge is 2.10. The summed E-state index contributed by atoms with van der Waals surface area (Å²) in [6, 6.07) is 8.92. The molecule has 5 nitrogen and oxygen atoms in total. The molecule has 0 saturated heterocycles. The molecule has 0 aliphatic carbocycles. The van der Waals surface area contributed by atoms with E-state index in [1.165, 1.54) is 6.07 Å². The lowest BCUT2D eigenvalue weighted by Crippen LogP contribution is -2.10.